The van der Waals surface area contributed by atoms with E-state index in [9.17, 15) is 14.7 Å². The van der Waals surface area contributed by atoms with Crippen molar-refractivity contribution in [1.82, 2.24) is 4.57 Å². The van der Waals surface area contributed by atoms with Crippen LogP contribution in [0.4, 0.5) is 5.69 Å². The van der Waals surface area contributed by atoms with Gasteiger partial charge in [-0.3, -0.25) is 4.79 Å². The number of aromatic nitrogens is 1. The summed E-state index contributed by atoms with van der Waals surface area (Å²) in [6, 6.07) is 16.0. The smallest absolute Gasteiger partial charge is 0.341 e. The fourth-order valence-corrected chi connectivity index (χ4v) is 5.39. The van der Waals surface area contributed by atoms with Crippen molar-refractivity contribution in [3.05, 3.63) is 81.6 Å². The zero-order chi connectivity index (χ0) is 22.6. The summed E-state index contributed by atoms with van der Waals surface area (Å²) in [5, 5.41) is 9.53. The Hall–Kier alpha value is -3.54. The van der Waals surface area contributed by atoms with Gasteiger partial charge in [0.2, 0.25) is 0 Å². The van der Waals surface area contributed by atoms with Crippen molar-refractivity contribution in [2.45, 2.75) is 44.2 Å². The molecule has 6 heteroatoms. The third-order valence-corrected chi connectivity index (χ3v) is 7.49. The van der Waals surface area contributed by atoms with Gasteiger partial charge in [-0.15, -0.1) is 0 Å². The summed E-state index contributed by atoms with van der Waals surface area (Å²) in [4.78, 5) is 26.6. The van der Waals surface area contributed by atoms with Crippen LogP contribution in [0.15, 0.2) is 59.5 Å². The van der Waals surface area contributed by atoms with Gasteiger partial charge in [0.1, 0.15) is 17.9 Å². The molecule has 1 spiro atoms. The number of hydrogen-bond donors (Lipinski definition) is 1. The van der Waals surface area contributed by atoms with E-state index in [1.165, 1.54) is 11.6 Å². The lowest BCUT2D eigenvalue weighted by atomic mass is 9.69. The van der Waals surface area contributed by atoms with Crippen molar-refractivity contribution in [3.8, 4) is 17.0 Å². The Bertz CT molecular complexity index is 1300. The van der Waals surface area contributed by atoms with E-state index in [1.54, 1.807) is 6.20 Å². The van der Waals surface area contributed by atoms with Crippen LogP contribution in [0.2, 0.25) is 0 Å². The van der Waals surface area contributed by atoms with Gasteiger partial charge in [0.15, 0.2) is 5.43 Å². The molecule has 2 aliphatic heterocycles. The third-order valence-electron chi connectivity index (χ3n) is 7.49. The van der Waals surface area contributed by atoms with Crippen LogP contribution in [0.5, 0.6) is 5.75 Å². The number of ether oxygens (including phenoxy) is 1. The summed E-state index contributed by atoms with van der Waals surface area (Å²) >= 11 is 0. The van der Waals surface area contributed by atoms with E-state index >= 15 is 0 Å². The zero-order valence-electron chi connectivity index (χ0n) is 18.4. The van der Waals surface area contributed by atoms with Crippen LogP contribution in [-0.4, -0.2) is 28.7 Å². The van der Waals surface area contributed by atoms with E-state index in [0.29, 0.717) is 6.61 Å². The monoisotopic (exact) mass is 442 g/mol. The number of anilines is 1. The summed E-state index contributed by atoms with van der Waals surface area (Å²) in [5.74, 6) is -0.286. The predicted octanol–water partition coefficient (Wildman–Crippen LogP) is 4.44. The highest BCUT2D eigenvalue weighted by Crippen LogP contribution is 2.51. The first-order valence-corrected chi connectivity index (χ1v) is 11.6. The van der Waals surface area contributed by atoms with Crippen LogP contribution in [0.1, 0.15) is 47.2 Å². The van der Waals surface area contributed by atoms with E-state index in [4.69, 9.17) is 4.74 Å². The number of rotatable bonds is 5. The molecule has 2 aromatic carbocycles. The Labute approximate surface area is 192 Å². The molecule has 0 radical (unpaired) electrons. The Kier molecular flexibility index (Phi) is 4.57. The maximum absolute atomic E-state index is 12.6. The van der Waals surface area contributed by atoms with Gasteiger partial charge in [-0.05, 0) is 55.4 Å². The summed E-state index contributed by atoms with van der Waals surface area (Å²) in [5.41, 5.74) is 4.42. The molecule has 0 unspecified atom stereocenters. The molecule has 33 heavy (non-hydrogen) atoms. The van der Waals surface area contributed by atoms with Crippen LogP contribution in [0.25, 0.3) is 11.3 Å². The van der Waals surface area contributed by atoms with Crippen molar-refractivity contribution in [2.24, 2.45) is 0 Å². The highest BCUT2D eigenvalue weighted by Gasteiger charge is 2.44. The van der Waals surface area contributed by atoms with Crippen LogP contribution in [-0.2, 0) is 18.6 Å². The number of nitrogens with zero attached hydrogens (tertiary/aromatic N) is 2. The normalized spacial score (nSPS) is 17.5. The molecule has 3 aromatic rings. The lowest BCUT2D eigenvalue weighted by molar-refractivity contribution is 0.0691. The fourth-order valence-electron chi connectivity index (χ4n) is 5.39. The SMILES string of the molecule is O=C(O)c1cn2c(cc1=O)-c1cc(N3CCC3)c(OCc3ccccc3)cc1CC21CCC1. The van der Waals surface area contributed by atoms with E-state index in [-0.39, 0.29) is 11.1 Å². The number of carbonyl (C=O) groups is 1. The quantitative estimate of drug-likeness (QED) is 0.633. The van der Waals surface area contributed by atoms with Gasteiger partial charge in [-0.1, -0.05) is 30.3 Å². The lowest BCUT2D eigenvalue weighted by Gasteiger charge is -2.49. The molecule has 3 heterocycles. The number of benzene rings is 2. The van der Waals surface area contributed by atoms with Crippen LogP contribution in [0.3, 0.4) is 0 Å². The average Bonchev–Trinajstić information content (AvgIpc) is 2.75. The minimum absolute atomic E-state index is 0.153. The Morgan fingerprint density at radius 3 is 2.48 bits per heavy atom. The first kappa shape index (κ1) is 20.1. The second-order valence-electron chi connectivity index (χ2n) is 9.46. The van der Waals surface area contributed by atoms with E-state index in [2.05, 4.69) is 33.7 Å². The largest absolute Gasteiger partial charge is 0.487 e. The molecular weight excluding hydrogens is 416 g/mol. The Morgan fingerprint density at radius 1 is 1.06 bits per heavy atom. The van der Waals surface area contributed by atoms with E-state index in [1.807, 2.05) is 18.2 Å². The standard InChI is InChI=1S/C27H26N2O4/c30-24-14-22-20-13-23(28-10-5-11-28)25(33-17-18-6-2-1-3-7-18)12-19(20)15-27(8-4-9-27)29(22)16-21(24)26(31)32/h1-3,6-7,12-14,16H,4-5,8-11,15,17H2,(H,31,32). The Morgan fingerprint density at radius 2 is 1.85 bits per heavy atom. The van der Waals surface area contributed by atoms with Crippen molar-refractivity contribution >= 4 is 11.7 Å². The molecule has 1 saturated carbocycles. The first-order chi connectivity index (χ1) is 16.0. The van der Waals surface area contributed by atoms with Gasteiger partial charge in [0.05, 0.1) is 11.4 Å². The molecule has 3 aliphatic rings. The highest BCUT2D eigenvalue weighted by atomic mass is 16.5. The van der Waals surface area contributed by atoms with Crippen molar-refractivity contribution in [3.63, 3.8) is 0 Å². The Balaban J connectivity index is 1.47. The molecule has 6 nitrogen and oxygen atoms in total. The molecule has 0 bridgehead atoms. The minimum Gasteiger partial charge on any atom is -0.487 e. The fraction of sp³-hybridized carbons (Fsp3) is 0.333. The molecule has 2 fully saturated rings. The van der Waals surface area contributed by atoms with Gasteiger partial charge < -0.3 is 19.3 Å². The summed E-state index contributed by atoms with van der Waals surface area (Å²) in [7, 11) is 0. The molecule has 0 atom stereocenters. The maximum Gasteiger partial charge on any atom is 0.341 e. The highest BCUT2D eigenvalue weighted by molar-refractivity contribution is 5.88. The van der Waals surface area contributed by atoms with Crippen molar-refractivity contribution in [2.75, 3.05) is 18.0 Å². The van der Waals surface area contributed by atoms with Crippen molar-refractivity contribution in [1.29, 1.82) is 0 Å². The van der Waals surface area contributed by atoms with Gasteiger partial charge >= 0.3 is 5.97 Å². The lowest BCUT2D eigenvalue weighted by Crippen LogP contribution is -2.46. The number of hydrogen-bond acceptors (Lipinski definition) is 4. The van der Waals surface area contributed by atoms with Crippen molar-refractivity contribution < 1.29 is 14.6 Å². The maximum atomic E-state index is 12.6. The second-order valence-corrected chi connectivity index (χ2v) is 9.46. The minimum atomic E-state index is -1.17. The van der Waals surface area contributed by atoms with Gasteiger partial charge in [0.25, 0.3) is 0 Å². The predicted molar refractivity (Wildman–Crippen MR) is 126 cm³/mol. The molecule has 1 aliphatic carbocycles. The van der Waals surface area contributed by atoms with Gasteiger partial charge in [-0.2, -0.15) is 0 Å². The second kappa shape index (κ2) is 7.51. The molecular formula is C27H26N2O4. The van der Waals surface area contributed by atoms with E-state index in [0.717, 1.165) is 73.5 Å². The van der Waals surface area contributed by atoms with E-state index < -0.39 is 11.4 Å². The molecule has 1 N–H and O–H groups in total. The molecule has 1 saturated heterocycles. The number of aromatic carboxylic acids is 1. The number of fused-ring (bicyclic) bond motifs is 4. The molecule has 168 valence electrons. The van der Waals surface area contributed by atoms with Gasteiger partial charge in [0, 0.05) is 36.5 Å². The molecule has 0 amide bonds. The number of carboxylic acids is 1. The van der Waals surface area contributed by atoms with Crippen LogP contribution >= 0.6 is 0 Å². The average molecular weight is 443 g/mol. The van der Waals surface area contributed by atoms with Crippen LogP contribution < -0.4 is 15.1 Å². The first-order valence-electron chi connectivity index (χ1n) is 11.6. The molecule has 6 rings (SSSR count). The number of carboxylic acid groups (broad SMARTS) is 1. The number of pyridine rings is 1. The summed E-state index contributed by atoms with van der Waals surface area (Å²) in [6.45, 7) is 2.47. The summed E-state index contributed by atoms with van der Waals surface area (Å²) < 4.78 is 8.42. The molecule has 1 aromatic heterocycles. The van der Waals surface area contributed by atoms with Crippen LogP contribution in [0, 0.1) is 0 Å². The third kappa shape index (κ3) is 3.24. The topological polar surface area (TPSA) is 71.8 Å². The van der Waals surface area contributed by atoms with Gasteiger partial charge in [-0.25, -0.2) is 4.79 Å². The summed E-state index contributed by atoms with van der Waals surface area (Å²) in [6.07, 6.45) is 6.61. The zero-order valence-corrected chi connectivity index (χ0v) is 18.4.